The molecule has 1 heterocycles. The highest BCUT2D eigenvalue weighted by Gasteiger charge is 2.13. The highest BCUT2D eigenvalue weighted by molar-refractivity contribution is 6.04. The summed E-state index contributed by atoms with van der Waals surface area (Å²) in [4.78, 5) is 12.4. The van der Waals surface area contributed by atoms with Crippen molar-refractivity contribution in [3.05, 3.63) is 83.9 Å². The summed E-state index contributed by atoms with van der Waals surface area (Å²) in [7, 11) is 0. The Balaban J connectivity index is 1.37. The first-order chi connectivity index (χ1) is 13.3. The van der Waals surface area contributed by atoms with Crippen LogP contribution < -0.4 is 19.5 Å². The van der Waals surface area contributed by atoms with Gasteiger partial charge in [-0.1, -0.05) is 30.3 Å². The zero-order chi connectivity index (χ0) is 18.5. The van der Waals surface area contributed by atoms with E-state index in [0.29, 0.717) is 42.6 Å². The standard InChI is InChI=1S/C22H19NO4/c24-22(23-18-8-11-20-21(14-18)26-13-12-25-20)17-6-9-19(10-7-17)27-15-16-4-2-1-3-5-16/h1-11,14H,12-13,15H2,(H,23,24). The molecule has 0 aromatic heterocycles. The van der Waals surface area contributed by atoms with E-state index in [-0.39, 0.29) is 5.91 Å². The molecule has 4 rings (SSSR count). The number of carbonyl (C=O) groups is 1. The number of anilines is 1. The van der Waals surface area contributed by atoms with E-state index in [1.165, 1.54) is 0 Å². The minimum absolute atomic E-state index is 0.193. The van der Waals surface area contributed by atoms with E-state index in [4.69, 9.17) is 14.2 Å². The highest BCUT2D eigenvalue weighted by Crippen LogP contribution is 2.32. The van der Waals surface area contributed by atoms with Crippen molar-refractivity contribution in [1.82, 2.24) is 0 Å². The summed E-state index contributed by atoms with van der Waals surface area (Å²) in [5.41, 5.74) is 2.31. The Hall–Kier alpha value is -3.47. The molecule has 1 amide bonds. The maximum Gasteiger partial charge on any atom is 0.255 e. The lowest BCUT2D eigenvalue weighted by Crippen LogP contribution is -2.16. The Labute approximate surface area is 157 Å². The van der Waals surface area contributed by atoms with Crippen LogP contribution in [0.3, 0.4) is 0 Å². The number of amides is 1. The third-order valence-corrected chi connectivity index (χ3v) is 4.16. The topological polar surface area (TPSA) is 56.8 Å². The van der Waals surface area contributed by atoms with Crippen LogP contribution in [0.4, 0.5) is 5.69 Å². The van der Waals surface area contributed by atoms with Crippen molar-refractivity contribution in [3.8, 4) is 17.2 Å². The Bertz CT molecular complexity index is 923. The lowest BCUT2D eigenvalue weighted by atomic mass is 10.2. The molecule has 0 atom stereocenters. The van der Waals surface area contributed by atoms with Gasteiger partial charge in [0, 0.05) is 17.3 Å². The predicted molar refractivity (Wildman–Crippen MR) is 103 cm³/mol. The minimum Gasteiger partial charge on any atom is -0.489 e. The van der Waals surface area contributed by atoms with Gasteiger partial charge in [-0.15, -0.1) is 0 Å². The summed E-state index contributed by atoms with van der Waals surface area (Å²) >= 11 is 0. The van der Waals surface area contributed by atoms with Gasteiger partial charge in [0.25, 0.3) is 5.91 Å². The zero-order valence-corrected chi connectivity index (χ0v) is 14.7. The lowest BCUT2D eigenvalue weighted by molar-refractivity contribution is 0.102. The van der Waals surface area contributed by atoms with Crippen molar-refractivity contribution in [2.75, 3.05) is 18.5 Å². The van der Waals surface area contributed by atoms with Crippen LogP contribution in [0.2, 0.25) is 0 Å². The molecule has 0 bridgehead atoms. The van der Waals surface area contributed by atoms with Crippen LogP contribution in [-0.4, -0.2) is 19.1 Å². The second kappa shape index (κ2) is 7.83. The van der Waals surface area contributed by atoms with E-state index in [1.54, 1.807) is 42.5 Å². The molecule has 27 heavy (non-hydrogen) atoms. The van der Waals surface area contributed by atoms with Crippen LogP contribution in [-0.2, 0) is 6.61 Å². The van der Waals surface area contributed by atoms with Crippen LogP contribution >= 0.6 is 0 Å². The molecule has 5 nitrogen and oxygen atoms in total. The summed E-state index contributed by atoms with van der Waals surface area (Å²) in [5, 5.41) is 2.87. The van der Waals surface area contributed by atoms with Crippen molar-refractivity contribution in [2.24, 2.45) is 0 Å². The lowest BCUT2D eigenvalue weighted by Gasteiger charge is -2.19. The molecule has 0 fully saturated rings. The fourth-order valence-electron chi connectivity index (χ4n) is 2.77. The maximum absolute atomic E-state index is 12.4. The van der Waals surface area contributed by atoms with E-state index in [9.17, 15) is 4.79 Å². The molecule has 1 N–H and O–H groups in total. The van der Waals surface area contributed by atoms with Gasteiger partial charge in [0.1, 0.15) is 25.6 Å². The largest absolute Gasteiger partial charge is 0.489 e. The SMILES string of the molecule is O=C(Nc1ccc2c(c1)OCCO2)c1ccc(OCc2ccccc2)cc1. The number of rotatable bonds is 5. The highest BCUT2D eigenvalue weighted by atomic mass is 16.6. The zero-order valence-electron chi connectivity index (χ0n) is 14.7. The Kier molecular flexibility index (Phi) is 4.92. The maximum atomic E-state index is 12.4. The molecular formula is C22H19NO4. The average molecular weight is 361 g/mol. The molecule has 0 saturated carbocycles. The summed E-state index contributed by atoms with van der Waals surface area (Å²) in [6.07, 6.45) is 0. The summed E-state index contributed by atoms with van der Waals surface area (Å²) in [6.45, 7) is 1.54. The number of nitrogens with one attached hydrogen (secondary N) is 1. The molecule has 136 valence electrons. The third-order valence-electron chi connectivity index (χ3n) is 4.16. The first kappa shape index (κ1) is 17.0. The number of fused-ring (bicyclic) bond motifs is 1. The number of hydrogen-bond donors (Lipinski definition) is 1. The van der Waals surface area contributed by atoms with Crippen molar-refractivity contribution < 1.29 is 19.0 Å². The van der Waals surface area contributed by atoms with Crippen LogP contribution in [0.5, 0.6) is 17.2 Å². The van der Waals surface area contributed by atoms with Gasteiger partial charge < -0.3 is 19.5 Å². The van der Waals surface area contributed by atoms with Crippen LogP contribution in [0.1, 0.15) is 15.9 Å². The Morgan fingerprint density at radius 2 is 1.63 bits per heavy atom. The quantitative estimate of drug-likeness (QED) is 0.737. The molecule has 5 heteroatoms. The van der Waals surface area contributed by atoms with Gasteiger partial charge in [-0.25, -0.2) is 0 Å². The molecule has 0 spiro atoms. The van der Waals surface area contributed by atoms with Gasteiger partial charge in [0.05, 0.1) is 0 Å². The molecule has 0 saturated heterocycles. The van der Waals surface area contributed by atoms with E-state index >= 15 is 0 Å². The smallest absolute Gasteiger partial charge is 0.255 e. The Morgan fingerprint density at radius 1 is 0.889 bits per heavy atom. The summed E-state index contributed by atoms with van der Waals surface area (Å²) in [6, 6.07) is 22.4. The van der Waals surface area contributed by atoms with Gasteiger partial charge in [-0.2, -0.15) is 0 Å². The monoisotopic (exact) mass is 361 g/mol. The molecule has 1 aliphatic rings. The first-order valence-corrected chi connectivity index (χ1v) is 8.76. The average Bonchev–Trinajstić information content (AvgIpc) is 2.73. The van der Waals surface area contributed by atoms with Crippen molar-refractivity contribution in [1.29, 1.82) is 0 Å². The molecular weight excluding hydrogens is 342 g/mol. The molecule has 0 radical (unpaired) electrons. The van der Waals surface area contributed by atoms with Crippen molar-refractivity contribution in [3.63, 3.8) is 0 Å². The van der Waals surface area contributed by atoms with Crippen LogP contribution in [0, 0.1) is 0 Å². The third kappa shape index (κ3) is 4.20. The van der Waals surface area contributed by atoms with Crippen molar-refractivity contribution in [2.45, 2.75) is 6.61 Å². The van der Waals surface area contributed by atoms with E-state index < -0.39 is 0 Å². The molecule has 1 aliphatic heterocycles. The number of ether oxygens (including phenoxy) is 3. The minimum atomic E-state index is -0.193. The first-order valence-electron chi connectivity index (χ1n) is 8.76. The van der Waals surface area contributed by atoms with Gasteiger partial charge >= 0.3 is 0 Å². The fraction of sp³-hybridized carbons (Fsp3) is 0.136. The normalized spacial score (nSPS) is 12.3. The number of hydrogen-bond acceptors (Lipinski definition) is 4. The van der Waals surface area contributed by atoms with E-state index in [2.05, 4.69) is 5.32 Å². The number of carbonyl (C=O) groups excluding carboxylic acids is 1. The Morgan fingerprint density at radius 3 is 2.41 bits per heavy atom. The van der Waals surface area contributed by atoms with Crippen molar-refractivity contribution >= 4 is 11.6 Å². The summed E-state index contributed by atoms with van der Waals surface area (Å²) in [5.74, 6) is 1.86. The van der Waals surface area contributed by atoms with Gasteiger partial charge in [0.2, 0.25) is 0 Å². The number of benzene rings is 3. The van der Waals surface area contributed by atoms with Gasteiger partial charge in [-0.05, 0) is 42.0 Å². The van der Waals surface area contributed by atoms with Gasteiger partial charge in [0.15, 0.2) is 11.5 Å². The second-order valence-electron chi connectivity index (χ2n) is 6.11. The van der Waals surface area contributed by atoms with Crippen LogP contribution in [0.15, 0.2) is 72.8 Å². The predicted octanol–water partition coefficient (Wildman–Crippen LogP) is 4.29. The van der Waals surface area contributed by atoms with Gasteiger partial charge in [-0.3, -0.25) is 4.79 Å². The van der Waals surface area contributed by atoms with Crippen LogP contribution in [0.25, 0.3) is 0 Å². The molecule has 3 aromatic rings. The molecule has 0 aliphatic carbocycles. The van der Waals surface area contributed by atoms with E-state index in [0.717, 1.165) is 11.3 Å². The second-order valence-corrected chi connectivity index (χ2v) is 6.11. The molecule has 3 aromatic carbocycles. The summed E-state index contributed by atoms with van der Waals surface area (Å²) < 4.78 is 16.8. The van der Waals surface area contributed by atoms with E-state index in [1.807, 2.05) is 30.3 Å². The fourth-order valence-corrected chi connectivity index (χ4v) is 2.77. The molecule has 0 unspecified atom stereocenters.